The van der Waals surface area contributed by atoms with E-state index in [1.54, 1.807) is 0 Å². The summed E-state index contributed by atoms with van der Waals surface area (Å²) < 4.78 is 40.4. The van der Waals surface area contributed by atoms with Gasteiger partial charge in [-0.1, -0.05) is 78.1 Å². The first-order valence-electron chi connectivity index (χ1n) is 12.5. The maximum atomic E-state index is 10.1. The molecular formula is C19H46B4F4N2O8. The largest absolute Gasteiger partial charge is 0.674 e. The van der Waals surface area contributed by atoms with Crippen LogP contribution >= 0.6 is 0 Å². The van der Waals surface area contributed by atoms with Crippen LogP contribution in [0.25, 0.3) is 0 Å². The van der Waals surface area contributed by atoms with Crippen LogP contribution in [0, 0.1) is 0 Å². The van der Waals surface area contributed by atoms with Crippen molar-refractivity contribution in [1.82, 2.24) is 9.80 Å². The van der Waals surface area contributed by atoms with E-state index in [2.05, 4.69) is 36.0 Å². The molecule has 0 amide bonds. The van der Waals surface area contributed by atoms with Crippen LogP contribution in [0.15, 0.2) is 12.4 Å². The molecule has 1 rings (SSSR count). The Labute approximate surface area is 220 Å². The van der Waals surface area contributed by atoms with Crippen molar-refractivity contribution in [2.75, 3.05) is 19.8 Å². The highest BCUT2D eigenvalue weighted by atomic mass is 19.1. The summed E-state index contributed by atoms with van der Waals surface area (Å²) in [4.78, 5) is 4.97. The van der Waals surface area contributed by atoms with Gasteiger partial charge in [0.05, 0.1) is 6.67 Å². The quantitative estimate of drug-likeness (QED) is 0.0902. The fourth-order valence-corrected chi connectivity index (χ4v) is 3.00. The van der Waals surface area contributed by atoms with E-state index in [1.165, 1.54) is 90.1 Å². The molecular weight excluding hydrogens is 503 g/mol. The van der Waals surface area contributed by atoms with Crippen LogP contribution in [-0.4, -0.2) is 99.3 Å². The van der Waals surface area contributed by atoms with Crippen LogP contribution in [0.2, 0.25) is 0 Å². The first-order chi connectivity index (χ1) is 17.3. The van der Waals surface area contributed by atoms with Crippen molar-refractivity contribution in [3.05, 3.63) is 12.4 Å². The molecule has 1 aliphatic heterocycles. The predicted octanol–water partition coefficient (Wildman–Crippen LogP) is 1.46. The van der Waals surface area contributed by atoms with E-state index in [9.17, 15) is 17.3 Å². The molecule has 0 saturated heterocycles. The normalized spacial score (nSPS) is 11.1. The van der Waals surface area contributed by atoms with Gasteiger partial charge >= 0.3 is 29.6 Å². The molecule has 0 aliphatic carbocycles. The molecule has 0 saturated carbocycles. The lowest BCUT2D eigenvalue weighted by molar-refractivity contribution is 0.257. The minimum Gasteiger partial charge on any atom is -0.398 e. The summed E-state index contributed by atoms with van der Waals surface area (Å²) in [6, 6.07) is 0. The molecule has 0 atom stereocenters. The van der Waals surface area contributed by atoms with E-state index in [1.807, 2.05) is 0 Å². The number of hydrogen-bond donors (Lipinski definition) is 8. The molecule has 220 valence electrons. The molecule has 0 aromatic carbocycles. The van der Waals surface area contributed by atoms with Gasteiger partial charge in [0.15, 0.2) is 0 Å². The Balaban J connectivity index is -0.000000277. The molecule has 10 nitrogen and oxygen atoms in total. The summed E-state index contributed by atoms with van der Waals surface area (Å²) in [6.07, 6.45) is 21.3. The van der Waals surface area contributed by atoms with E-state index >= 15 is 0 Å². The SMILES string of the molecule is CCCCCCCCN1C=CN(CCCCCCCC)C1.OB(O)F.OB(O)F.OB(O)F.OB(O)F. The highest BCUT2D eigenvalue weighted by Gasteiger charge is 2.10. The summed E-state index contributed by atoms with van der Waals surface area (Å²) in [5, 5.41) is 55.6. The lowest BCUT2D eigenvalue weighted by Gasteiger charge is -2.21. The highest BCUT2D eigenvalue weighted by Crippen LogP contribution is 2.12. The molecule has 0 fully saturated rings. The minimum atomic E-state index is -2.67. The summed E-state index contributed by atoms with van der Waals surface area (Å²) >= 11 is 0. The zero-order valence-corrected chi connectivity index (χ0v) is 22.1. The Bertz CT molecular complexity index is 398. The smallest absolute Gasteiger partial charge is 0.398 e. The van der Waals surface area contributed by atoms with Crippen LogP contribution in [-0.2, 0) is 0 Å². The molecule has 18 heteroatoms. The number of rotatable bonds is 14. The van der Waals surface area contributed by atoms with Gasteiger partial charge in [-0.25, -0.2) is 0 Å². The van der Waals surface area contributed by atoms with Crippen molar-refractivity contribution in [2.45, 2.75) is 90.9 Å². The second kappa shape index (κ2) is 35.0. The highest BCUT2D eigenvalue weighted by molar-refractivity contribution is 6.32. The lowest BCUT2D eigenvalue weighted by atomic mass is 10.1. The maximum absolute atomic E-state index is 10.1. The van der Waals surface area contributed by atoms with Gasteiger partial charge in [-0.3, -0.25) is 17.3 Å². The van der Waals surface area contributed by atoms with Gasteiger partial charge in [0.25, 0.3) is 0 Å². The molecule has 1 heterocycles. The van der Waals surface area contributed by atoms with Crippen molar-refractivity contribution in [1.29, 1.82) is 0 Å². The Morgan fingerprint density at radius 1 is 0.486 bits per heavy atom. The Kier molecular flexibility index (Phi) is 40.7. The van der Waals surface area contributed by atoms with Gasteiger partial charge in [0.1, 0.15) is 0 Å². The van der Waals surface area contributed by atoms with Crippen LogP contribution in [0.1, 0.15) is 90.9 Å². The van der Waals surface area contributed by atoms with E-state index in [4.69, 9.17) is 40.2 Å². The van der Waals surface area contributed by atoms with E-state index in [0.29, 0.717) is 0 Å². The lowest BCUT2D eigenvalue weighted by Crippen LogP contribution is -2.26. The molecule has 0 aromatic heterocycles. The van der Waals surface area contributed by atoms with Gasteiger partial charge < -0.3 is 50.0 Å². The predicted molar refractivity (Wildman–Crippen MR) is 139 cm³/mol. The molecule has 8 N–H and O–H groups in total. The van der Waals surface area contributed by atoms with Gasteiger partial charge in [-0.2, -0.15) is 0 Å². The monoisotopic (exact) mass is 550 g/mol. The maximum Gasteiger partial charge on any atom is 0.674 e. The number of halogens is 4. The van der Waals surface area contributed by atoms with Crippen LogP contribution in [0.3, 0.4) is 0 Å². The van der Waals surface area contributed by atoms with Crippen molar-refractivity contribution in [3.63, 3.8) is 0 Å². The fraction of sp³-hybridized carbons (Fsp3) is 0.895. The van der Waals surface area contributed by atoms with E-state index < -0.39 is 29.6 Å². The zero-order chi connectivity index (χ0) is 29.5. The molecule has 0 bridgehead atoms. The van der Waals surface area contributed by atoms with E-state index in [-0.39, 0.29) is 0 Å². The van der Waals surface area contributed by atoms with Crippen molar-refractivity contribution >= 4 is 29.6 Å². The second-order valence-electron chi connectivity index (χ2n) is 7.84. The van der Waals surface area contributed by atoms with Crippen LogP contribution in [0.5, 0.6) is 0 Å². The van der Waals surface area contributed by atoms with Crippen molar-refractivity contribution in [2.24, 2.45) is 0 Å². The van der Waals surface area contributed by atoms with Gasteiger partial charge in [0.2, 0.25) is 0 Å². The summed E-state index contributed by atoms with van der Waals surface area (Å²) in [7, 11) is -10.7. The third-order valence-corrected chi connectivity index (χ3v) is 4.45. The summed E-state index contributed by atoms with van der Waals surface area (Å²) in [5.41, 5.74) is 0. The number of unbranched alkanes of at least 4 members (excludes halogenated alkanes) is 10. The summed E-state index contributed by atoms with van der Waals surface area (Å²) in [5.74, 6) is 0. The van der Waals surface area contributed by atoms with Gasteiger partial charge in [-0.05, 0) is 12.8 Å². The van der Waals surface area contributed by atoms with Crippen molar-refractivity contribution < 1.29 is 57.5 Å². The van der Waals surface area contributed by atoms with Gasteiger partial charge in [-0.15, -0.1) is 0 Å². The topological polar surface area (TPSA) is 168 Å². The third kappa shape index (κ3) is 66.2. The molecule has 37 heavy (non-hydrogen) atoms. The molecule has 1 aliphatic rings. The van der Waals surface area contributed by atoms with Gasteiger partial charge in [0, 0.05) is 25.5 Å². The van der Waals surface area contributed by atoms with Crippen molar-refractivity contribution in [3.8, 4) is 0 Å². The second-order valence-corrected chi connectivity index (χ2v) is 7.84. The van der Waals surface area contributed by atoms with Crippen LogP contribution in [0.4, 0.5) is 17.3 Å². The first kappa shape index (κ1) is 43.1. The third-order valence-electron chi connectivity index (χ3n) is 4.45. The molecule has 0 spiro atoms. The molecule has 0 unspecified atom stereocenters. The zero-order valence-electron chi connectivity index (χ0n) is 22.1. The first-order valence-corrected chi connectivity index (χ1v) is 12.5. The number of nitrogens with zero attached hydrogens (tertiary/aromatic N) is 2. The standard InChI is InChI=1S/C19H38N2.4BFH2O2/c1-3-5-7-9-11-13-15-20-17-18-21(19-20)16-14-12-10-8-6-4-2;4*2-1(3)4/h17-18H,3-16,19H2,1-2H3;4*3-4H. The minimum absolute atomic E-state index is 1.13. The fourth-order valence-electron chi connectivity index (χ4n) is 3.00. The molecule has 0 aromatic rings. The van der Waals surface area contributed by atoms with E-state index in [0.717, 1.165) is 6.67 Å². The number of hydrogen-bond acceptors (Lipinski definition) is 10. The Morgan fingerprint density at radius 3 is 0.946 bits per heavy atom. The summed E-state index contributed by atoms with van der Waals surface area (Å²) in [6.45, 7) is 8.19. The molecule has 0 radical (unpaired) electrons. The Hall–Kier alpha value is -1.00. The Morgan fingerprint density at radius 2 is 0.703 bits per heavy atom. The average molecular weight is 550 g/mol. The van der Waals surface area contributed by atoms with Crippen LogP contribution < -0.4 is 0 Å². The average Bonchev–Trinajstić information content (AvgIpc) is 3.19.